The highest BCUT2D eigenvalue weighted by Gasteiger charge is 2.24. The summed E-state index contributed by atoms with van der Waals surface area (Å²) in [5.74, 6) is 1.82. The molecule has 0 saturated carbocycles. The molecule has 1 N–H and O–H groups in total. The van der Waals surface area contributed by atoms with Crippen LogP contribution in [-0.4, -0.2) is 31.4 Å². The Bertz CT molecular complexity index is 989. The first kappa shape index (κ1) is 22.2. The van der Waals surface area contributed by atoms with Crippen molar-refractivity contribution in [3.05, 3.63) is 51.3 Å². The molecular weight excluding hydrogens is 468 g/mol. The molecule has 1 amide bonds. The van der Waals surface area contributed by atoms with E-state index in [2.05, 4.69) is 33.2 Å². The lowest BCUT2D eigenvalue weighted by Gasteiger charge is -2.17. The topological polar surface area (TPSA) is 69.2 Å². The van der Waals surface area contributed by atoms with Gasteiger partial charge in [-0.1, -0.05) is 6.92 Å². The lowest BCUT2D eigenvalue weighted by Crippen LogP contribution is -2.19. The van der Waals surface area contributed by atoms with Crippen LogP contribution in [0.3, 0.4) is 0 Å². The van der Waals surface area contributed by atoms with Crippen molar-refractivity contribution in [2.24, 2.45) is 4.99 Å². The number of nitrogens with zero attached hydrogens (tertiary/aromatic N) is 1. The van der Waals surface area contributed by atoms with Crippen LogP contribution in [0.5, 0.6) is 17.2 Å². The van der Waals surface area contributed by atoms with Crippen LogP contribution in [0.2, 0.25) is 0 Å². The van der Waals surface area contributed by atoms with E-state index in [1.54, 1.807) is 20.3 Å². The van der Waals surface area contributed by atoms with Crippen LogP contribution < -0.4 is 19.5 Å². The number of methoxy groups -OCH3 is 2. The molecular formula is C22H23BrN2O4S. The summed E-state index contributed by atoms with van der Waals surface area (Å²) in [7, 11) is 3.21. The van der Waals surface area contributed by atoms with Crippen LogP contribution in [0, 0.1) is 0 Å². The second kappa shape index (κ2) is 10.0. The first-order valence-corrected chi connectivity index (χ1v) is 11.0. The van der Waals surface area contributed by atoms with Gasteiger partial charge in [-0.2, -0.15) is 0 Å². The van der Waals surface area contributed by atoms with Gasteiger partial charge in [0.25, 0.3) is 5.91 Å². The molecule has 2 aromatic carbocycles. The predicted octanol–water partition coefficient (Wildman–Crippen LogP) is 5.54. The van der Waals surface area contributed by atoms with Gasteiger partial charge in [-0.25, -0.2) is 4.99 Å². The van der Waals surface area contributed by atoms with E-state index in [1.165, 1.54) is 11.8 Å². The number of amidine groups is 1. The molecule has 1 heterocycles. The summed E-state index contributed by atoms with van der Waals surface area (Å²) in [6.45, 7) is 4.07. The molecule has 158 valence electrons. The fourth-order valence-electron chi connectivity index (χ4n) is 2.63. The highest BCUT2D eigenvalue weighted by Crippen LogP contribution is 2.39. The number of hydrogen-bond acceptors (Lipinski definition) is 6. The average molecular weight is 491 g/mol. The van der Waals surface area contributed by atoms with Gasteiger partial charge < -0.3 is 19.5 Å². The van der Waals surface area contributed by atoms with Gasteiger partial charge in [-0.05, 0) is 89.1 Å². The fraction of sp³-hybridized carbons (Fsp3) is 0.273. The van der Waals surface area contributed by atoms with Crippen molar-refractivity contribution >= 4 is 50.5 Å². The van der Waals surface area contributed by atoms with Gasteiger partial charge in [0.1, 0.15) is 5.75 Å². The third-order valence-corrected chi connectivity index (χ3v) is 5.90. The van der Waals surface area contributed by atoms with Crippen molar-refractivity contribution in [3.63, 3.8) is 0 Å². The Labute approximate surface area is 188 Å². The number of hydrogen-bond donors (Lipinski definition) is 1. The summed E-state index contributed by atoms with van der Waals surface area (Å²) < 4.78 is 17.4. The number of nitrogens with one attached hydrogen (secondary N) is 1. The minimum atomic E-state index is -0.192. The lowest BCUT2D eigenvalue weighted by molar-refractivity contribution is -0.115. The molecule has 0 bridgehead atoms. The minimum Gasteiger partial charge on any atom is -0.497 e. The molecule has 1 saturated heterocycles. The van der Waals surface area contributed by atoms with Gasteiger partial charge in [0.05, 0.1) is 35.4 Å². The molecule has 30 heavy (non-hydrogen) atoms. The molecule has 8 heteroatoms. The molecule has 0 aromatic heterocycles. The molecule has 3 rings (SSSR count). The van der Waals surface area contributed by atoms with Crippen molar-refractivity contribution in [1.82, 2.24) is 5.32 Å². The maximum absolute atomic E-state index is 12.4. The zero-order valence-electron chi connectivity index (χ0n) is 17.2. The van der Waals surface area contributed by atoms with Gasteiger partial charge >= 0.3 is 0 Å². The van der Waals surface area contributed by atoms with Gasteiger partial charge in [-0.3, -0.25) is 4.79 Å². The van der Waals surface area contributed by atoms with E-state index in [4.69, 9.17) is 14.2 Å². The first-order valence-electron chi connectivity index (χ1n) is 9.41. The van der Waals surface area contributed by atoms with Crippen molar-refractivity contribution in [2.75, 3.05) is 14.2 Å². The third kappa shape index (κ3) is 5.37. The van der Waals surface area contributed by atoms with Crippen LogP contribution >= 0.6 is 27.7 Å². The van der Waals surface area contributed by atoms with Gasteiger partial charge in [0.15, 0.2) is 16.7 Å². The van der Waals surface area contributed by atoms with Crippen molar-refractivity contribution < 1.29 is 19.0 Å². The van der Waals surface area contributed by atoms with Crippen molar-refractivity contribution in [3.8, 4) is 17.2 Å². The molecule has 2 aromatic rings. The monoisotopic (exact) mass is 490 g/mol. The van der Waals surface area contributed by atoms with Crippen LogP contribution in [0.4, 0.5) is 5.69 Å². The number of carbonyl (C=O) groups is 1. The molecule has 1 fully saturated rings. The number of aliphatic imine (C=N–C) groups is 1. The second-order valence-corrected chi connectivity index (χ2v) is 8.44. The number of benzene rings is 2. The van der Waals surface area contributed by atoms with Crippen LogP contribution in [-0.2, 0) is 4.79 Å². The molecule has 1 aliphatic heterocycles. The maximum Gasteiger partial charge on any atom is 0.264 e. The van der Waals surface area contributed by atoms with Gasteiger partial charge in [0.2, 0.25) is 0 Å². The van der Waals surface area contributed by atoms with E-state index >= 15 is 0 Å². The van der Waals surface area contributed by atoms with Crippen molar-refractivity contribution in [1.29, 1.82) is 0 Å². The molecule has 0 spiro atoms. The molecule has 1 aliphatic rings. The highest BCUT2D eigenvalue weighted by molar-refractivity contribution is 9.10. The van der Waals surface area contributed by atoms with Crippen molar-refractivity contribution in [2.45, 2.75) is 26.4 Å². The molecule has 0 aliphatic carbocycles. The maximum atomic E-state index is 12.4. The second-order valence-electron chi connectivity index (χ2n) is 6.55. The minimum absolute atomic E-state index is 0.0623. The van der Waals surface area contributed by atoms with E-state index in [-0.39, 0.29) is 12.0 Å². The van der Waals surface area contributed by atoms with E-state index in [1.807, 2.05) is 43.3 Å². The SMILES string of the molecule is CC[C@H](C)Oc1c(Br)cc(/C=C2/SC(=Nc3ccc(OC)cc3)NC2=O)cc1OC. The Morgan fingerprint density at radius 3 is 2.57 bits per heavy atom. The summed E-state index contributed by atoms with van der Waals surface area (Å²) in [6.07, 6.45) is 2.75. The average Bonchev–Trinajstić information content (AvgIpc) is 3.08. The Morgan fingerprint density at radius 2 is 1.93 bits per heavy atom. The number of halogens is 1. The van der Waals surface area contributed by atoms with E-state index in [0.29, 0.717) is 21.6 Å². The highest BCUT2D eigenvalue weighted by atomic mass is 79.9. The molecule has 0 unspecified atom stereocenters. The number of amides is 1. The number of thioether (sulfide) groups is 1. The normalized spacial score (nSPS) is 17.2. The number of ether oxygens (including phenoxy) is 3. The fourth-order valence-corrected chi connectivity index (χ4v) is 4.02. The summed E-state index contributed by atoms with van der Waals surface area (Å²) >= 11 is 4.84. The lowest BCUT2D eigenvalue weighted by atomic mass is 10.1. The first-order chi connectivity index (χ1) is 14.4. The third-order valence-electron chi connectivity index (χ3n) is 4.40. The Morgan fingerprint density at radius 1 is 1.20 bits per heavy atom. The summed E-state index contributed by atoms with van der Waals surface area (Å²) in [5.41, 5.74) is 1.55. The van der Waals surface area contributed by atoms with E-state index in [9.17, 15) is 4.79 Å². The molecule has 1 atom stereocenters. The zero-order chi connectivity index (χ0) is 21.7. The Hall–Kier alpha value is -2.45. The van der Waals surface area contributed by atoms with E-state index < -0.39 is 0 Å². The van der Waals surface area contributed by atoms with Gasteiger partial charge in [-0.15, -0.1) is 0 Å². The predicted molar refractivity (Wildman–Crippen MR) is 125 cm³/mol. The number of carbonyl (C=O) groups excluding carboxylic acids is 1. The van der Waals surface area contributed by atoms with Gasteiger partial charge in [0, 0.05) is 0 Å². The largest absolute Gasteiger partial charge is 0.497 e. The van der Waals surface area contributed by atoms with Crippen LogP contribution in [0.15, 0.2) is 50.8 Å². The standard InChI is InChI=1S/C22H23BrN2O4S/c1-5-13(2)29-20-17(23)10-14(11-18(20)28-4)12-19-21(26)25-22(30-19)24-15-6-8-16(27-3)9-7-15/h6-13H,5H2,1-4H3,(H,24,25,26)/b19-12+/t13-/m0/s1. The van der Waals surface area contributed by atoms with E-state index in [0.717, 1.165) is 27.9 Å². The quantitative estimate of drug-likeness (QED) is 0.516. The smallest absolute Gasteiger partial charge is 0.264 e. The molecule has 0 radical (unpaired) electrons. The Balaban J connectivity index is 1.83. The Kier molecular flexibility index (Phi) is 7.44. The molecule has 6 nitrogen and oxygen atoms in total. The van der Waals surface area contributed by atoms with Crippen LogP contribution in [0.1, 0.15) is 25.8 Å². The summed E-state index contributed by atoms with van der Waals surface area (Å²) in [5, 5.41) is 3.32. The summed E-state index contributed by atoms with van der Waals surface area (Å²) in [6, 6.07) is 11.1. The zero-order valence-corrected chi connectivity index (χ0v) is 19.6. The summed E-state index contributed by atoms with van der Waals surface area (Å²) in [4.78, 5) is 17.4. The number of rotatable bonds is 7. The van der Waals surface area contributed by atoms with Crippen LogP contribution in [0.25, 0.3) is 6.08 Å².